The molecule has 1 aliphatic rings. The summed E-state index contributed by atoms with van der Waals surface area (Å²) >= 11 is 0. The van der Waals surface area contributed by atoms with Gasteiger partial charge in [0.2, 0.25) is 11.8 Å². The van der Waals surface area contributed by atoms with E-state index in [1.807, 2.05) is 19.0 Å². The Bertz CT molecular complexity index is 1140. The monoisotopic (exact) mass is 471 g/mol. The molecule has 3 N–H and O–H groups in total. The van der Waals surface area contributed by atoms with Crippen molar-refractivity contribution in [2.75, 3.05) is 20.6 Å². The Morgan fingerprint density at radius 3 is 2.03 bits per heavy atom. The number of carbonyl (C=O) groups excluding carboxylic acids is 2. The Morgan fingerprint density at radius 1 is 0.886 bits per heavy atom. The van der Waals surface area contributed by atoms with Gasteiger partial charge in [-0.2, -0.15) is 0 Å². The number of benzene rings is 3. The topological polar surface area (TPSA) is 81.7 Å². The maximum absolute atomic E-state index is 12.9. The molecule has 0 saturated carbocycles. The van der Waals surface area contributed by atoms with E-state index >= 15 is 0 Å². The van der Waals surface area contributed by atoms with Crippen LogP contribution in [0.5, 0.6) is 5.75 Å². The van der Waals surface area contributed by atoms with Crippen LogP contribution >= 0.6 is 0 Å². The summed E-state index contributed by atoms with van der Waals surface area (Å²) in [5.41, 5.74) is 6.07. The van der Waals surface area contributed by atoms with Crippen molar-refractivity contribution < 1.29 is 14.7 Å². The number of hydrogen-bond donors (Lipinski definition) is 3. The molecule has 3 aromatic rings. The number of amides is 2. The smallest absolute Gasteiger partial charge is 0.242 e. The van der Waals surface area contributed by atoms with E-state index in [4.69, 9.17) is 0 Å². The number of nitrogens with zero attached hydrogens (tertiary/aromatic N) is 1. The lowest BCUT2D eigenvalue weighted by Gasteiger charge is -2.25. The fourth-order valence-electron chi connectivity index (χ4n) is 4.80. The lowest BCUT2D eigenvalue weighted by molar-refractivity contribution is -0.131. The van der Waals surface area contributed by atoms with E-state index < -0.39 is 12.1 Å². The van der Waals surface area contributed by atoms with Gasteiger partial charge in [-0.1, -0.05) is 60.7 Å². The molecule has 6 heteroatoms. The second kappa shape index (κ2) is 10.7. The third-order valence-corrected chi connectivity index (χ3v) is 6.74. The zero-order chi connectivity index (χ0) is 24.9. The number of nitrogens with one attached hydrogen (secondary N) is 2. The van der Waals surface area contributed by atoms with E-state index in [1.54, 1.807) is 31.2 Å². The number of carbonyl (C=O) groups is 2. The molecule has 0 heterocycles. The molecule has 35 heavy (non-hydrogen) atoms. The Labute approximate surface area is 207 Å². The first-order valence-electron chi connectivity index (χ1n) is 12.1. The zero-order valence-electron chi connectivity index (χ0n) is 20.5. The summed E-state index contributed by atoms with van der Waals surface area (Å²) in [6.45, 7) is 2.23. The van der Waals surface area contributed by atoms with Gasteiger partial charge < -0.3 is 15.7 Å². The van der Waals surface area contributed by atoms with Gasteiger partial charge in [-0.3, -0.25) is 14.5 Å². The van der Waals surface area contributed by atoms with E-state index in [1.165, 1.54) is 22.3 Å². The Kier molecular flexibility index (Phi) is 7.51. The van der Waals surface area contributed by atoms with Gasteiger partial charge in [-0.15, -0.1) is 0 Å². The number of phenols is 1. The van der Waals surface area contributed by atoms with Gasteiger partial charge in [0.15, 0.2) is 0 Å². The maximum Gasteiger partial charge on any atom is 0.242 e. The van der Waals surface area contributed by atoms with Crippen molar-refractivity contribution in [1.82, 2.24) is 15.5 Å². The predicted molar refractivity (Wildman–Crippen MR) is 138 cm³/mol. The lowest BCUT2D eigenvalue weighted by Crippen LogP contribution is -2.52. The lowest BCUT2D eigenvalue weighted by atomic mass is 9.93. The van der Waals surface area contributed by atoms with Gasteiger partial charge in [0.05, 0.1) is 6.04 Å². The summed E-state index contributed by atoms with van der Waals surface area (Å²) in [5, 5.41) is 15.4. The Balaban J connectivity index is 1.32. The average Bonchev–Trinajstić information content (AvgIpc) is 3.17. The van der Waals surface area contributed by atoms with E-state index in [9.17, 15) is 14.7 Å². The molecule has 0 saturated heterocycles. The van der Waals surface area contributed by atoms with E-state index in [0.29, 0.717) is 13.0 Å². The highest BCUT2D eigenvalue weighted by Gasteiger charge is 2.28. The number of hydrogen-bond acceptors (Lipinski definition) is 4. The van der Waals surface area contributed by atoms with Crippen LogP contribution in [0.1, 0.15) is 36.0 Å². The number of aromatic hydroxyl groups is 1. The Hall–Kier alpha value is -3.64. The molecule has 6 nitrogen and oxygen atoms in total. The first-order chi connectivity index (χ1) is 16.8. The number of rotatable bonds is 9. The van der Waals surface area contributed by atoms with Crippen molar-refractivity contribution in [2.45, 2.75) is 37.8 Å². The van der Waals surface area contributed by atoms with Crippen molar-refractivity contribution in [2.24, 2.45) is 0 Å². The molecule has 1 aliphatic carbocycles. The molecule has 2 atom stereocenters. The molecular formula is C29H33N3O3. The van der Waals surface area contributed by atoms with E-state index in [2.05, 4.69) is 59.2 Å². The third kappa shape index (κ3) is 5.54. The second-order valence-corrected chi connectivity index (χ2v) is 9.39. The molecule has 1 unspecified atom stereocenters. The number of likely N-dealkylation sites (N-methyl/N-ethyl adjacent to an activating group) is 1. The summed E-state index contributed by atoms with van der Waals surface area (Å²) in [5.74, 6) is 0.0370. The summed E-state index contributed by atoms with van der Waals surface area (Å²) in [6.07, 6.45) is 1.27. The minimum absolute atomic E-state index is 0.189. The van der Waals surface area contributed by atoms with Crippen molar-refractivity contribution in [3.63, 3.8) is 0 Å². The van der Waals surface area contributed by atoms with Crippen molar-refractivity contribution >= 4 is 11.8 Å². The van der Waals surface area contributed by atoms with Crippen LogP contribution in [0.2, 0.25) is 0 Å². The summed E-state index contributed by atoms with van der Waals surface area (Å²) in [4.78, 5) is 27.5. The van der Waals surface area contributed by atoms with Gasteiger partial charge in [-0.05, 0) is 73.8 Å². The quantitative estimate of drug-likeness (QED) is 0.445. The van der Waals surface area contributed by atoms with Gasteiger partial charge >= 0.3 is 0 Å². The van der Waals surface area contributed by atoms with Crippen LogP contribution in [-0.4, -0.2) is 54.5 Å². The number of phenolic OH excluding ortho intramolecular Hbond substituents is 1. The minimum atomic E-state index is -0.645. The van der Waals surface area contributed by atoms with Gasteiger partial charge in [0, 0.05) is 12.5 Å². The van der Waals surface area contributed by atoms with Crippen molar-refractivity contribution in [3.05, 3.63) is 89.5 Å². The maximum atomic E-state index is 12.9. The molecule has 0 spiro atoms. The van der Waals surface area contributed by atoms with Crippen LogP contribution in [0.4, 0.5) is 0 Å². The fourth-order valence-corrected chi connectivity index (χ4v) is 4.80. The van der Waals surface area contributed by atoms with Crippen LogP contribution < -0.4 is 10.6 Å². The number of fused-ring (bicyclic) bond motifs is 3. The summed E-state index contributed by atoms with van der Waals surface area (Å²) in [6, 6.07) is 22.6. The summed E-state index contributed by atoms with van der Waals surface area (Å²) in [7, 11) is 3.68. The predicted octanol–water partition coefficient (Wildman–Crippen LogP) is 3.69. The van der Waals surface area contributed by atoms with Crippen LogP contribution in [-0.2, 0) is 16.0 Å². The fraction of sp³-hybridized carbons (Fsp3) is 0.310. The van der Waals surface area contributed by atoms with Crippen LogP contribution in [0, 0.1) is 0 Å². The van der Waals surface area contributed by atoms with Crippen LogP contribution in [0.25, 0.3) is 11.1 Å². The highest BCUT2D eigenvalue weighted by Crippen LogP contribution is 2.45. The third-order valence-electron chi connectivity index (χ3n) is 6.74. The zero-order valence-corrected chi connectivity index (χ0v) is 20.5. The first kappa shape index (κ1) is 24.5. The molecule has 3 aromatic carbocycles. The largest absolute Gasteiger partial charge is 0.508 e. The molecule has 4 rings (SSSR count). The molecule has 0 bridgehead atoms. The molecule has 0 fully saturated rings. The molecule has 182 valence electrons. The SMILES string of the molecule is C[C@@H](NC(=O)C(Cc1ccc(O)cc1)N(C)C)C(=O)NCCC1c2ccccc2-c2ccccc21. The molecule has 0 aromatic heterocycles. The van der Waals surface area contributed by atoms with Crippen LogP contribution in [0.15, 0.2) is 72.8 Å². The summed E-state index contributed by atoms with van der Waals surface area (Å²) < 4.78 is 0. The van der Waals surface area contributed by atoms with Crippen molar-refractivity contribution in [1.29, 1.82) is 0 Å². The molecule has 0 aliphatic heterocycles. The Morgan fingerprint density at radius 2 is 1.46 bits per heavy atom. The second-order valence-electron chi connectivity index (χ2n) is 9.39. The normalized spacial score (nSPS) is 14.2. The van der Waals surface area contributed by atoms with Gasteiger partial charge in [-0.25, -0.2) is 0 Å². The van der Waals surface area contributed by atoms with E-state index in [0.717, 1.165) is 12.0 Å². The first-order valence-corrected chi connectivity index (χ1v) is 12.1. The standard InChI is InChI=1S/C29H33N3O3/c1-19(31-29(35)27(32(2)3)18-20-12-14-21(33)15-13-20)28(34)30-17-16-26-24-10-6-4-8-22(24)23-9-5-7-11-25(23)26/h4-15,19,26-27,33H,16-18H2,1-3H3,(H,30,34)(H,31,35)/t19-,27?/m1/s1. The highest BCUT2D eigenvalue weighted by molar-refractivity contribution is 5.89. The molecular weight excluding hydrogens is 438 g/mol. The minimum Gasteiger partial charge on any atom is -0.508 e. The van der Waals surface area contributed by atoms with Crippen molar-refractivity contribution in [3.8, 4) is 16.9 Å². The average molecular weight is 472 g/mol. The van der Waals surface area contributed by atoms with Gasteiger partial charge in [0.1, 0.15) is 11.8 Å². The highest BCUT2D eigenvalue weighted by atomic mass is 16.3. The van der Waals surface area contributed by atoms with Crippen LogP contribution in [0.3, 0.4) is 0 Å². The molecule has 0 radical (unpaired) electrons. The molecule has 2 amide bonds. The van der Waals surface area contributed by atoms with E-state index in [-0.39, 0.29) is 23.5 Å². The van der Waals surface area contributed by atoms with Gasteiger partial charge in [0.25, 0.3) is 0 Å².